The second-order valence-electron chi connectivity index (χ2n) is 7.35. The van der Waals surface area contributed by atoms with Gasteiger partial charge in [-0.15, -0.1) is 0 Å². The van der Waals surface area contributed by atoms with Crippen LogP contribution in [0.4, 0.5) is 22.0 Å². The number of aryl methyl sites for hydroxylation is 1. The van der Waals surface area contributed by atoms with Crippen molar-refractivity contribution >= 4 is 23.2 Å². The van der Waals surface area contributed by atoms with Crippen LogP contribution in [0, 0.1) is 13.8 Å². The summed E-state index contributed by atoms with van der Waals surface area (Å²) in [6.45, 7) is 12.0. The number of aromatic nitrogens is 1. The number of piperazine rings is 1. The summed E-state index contributed by atoms with van der Waals surface area (Å²) in [7, 11) is 0. The number of carbonyl (C=O) groups excluding carboxylic acids is 1. The monoisotopic (exact) mass is 367 g/mol. The standard InChI is InChI=1S/C21H29N5O/c1-15(2)23-21(27)24-18-8-9-20(22-14-18)26-12-10-25(11-13-26)19-7-5-6-16(3)17(19)4/h5-9,14-15H,10-13H2,1-4H3,(H2,23,24,27). The number of nitrogens with zero attached hydrogens (tertiary/aromatic N) is 3. The van der Waals surface area contributed by atoms with Crippen LogP contribution in [0.1, 0.15) is 25.0 Å². The van der Waals surface area contributed by atoms with E-state index in [2.05, 4.69) is 57.5 Å². The van der Waals surface area contributed by atoms with Crippen molar-refractivity contribution in [3.8, 4) is 0 Å². The maximum absolute atomic E-state index is 11.8. The number of amides is 2. The van der Waals surface area contributed by atoms with E-state index in [1.165, 1.54) is 16.8 Å². The van der Waals surface area contributed by atoms with Crippen LogP contribution in [0.25, 0.3) is 0 Å². The Morgan fingerprint density at radius 3 is 2.37 bits per heavy atom. The van der Waals surface area contributed by atoms with Gasteiger partial charge in [0, 0.05) is 37.9 Å². The fourth-order valence-electron chi connectivity index (χ4n) is 3.33. The molecule has 1 aliphatic rings. The molecule has 1 aliphatic heterocycles. The minimum atomic E-state index is -0.207. The Hall–Kier alpha value is -2.76. The molecule has 0 saturated carbocycles. The highest BCUT2D eigenvalue weighted by molar-refractivity contribution is 5.89. The summed E-state index contributed by atoms with van der Waals surface area (Å²) >= 11 is 0. The minimum absolute atomic E-state index is 0.102. The number of hydrogen-bond donors (Lipinski definition) is 2. The van der Waals surface area contributed by atoms with E-state index in [4.69, 9.17) is 0 Å². The van der Waals surface area contributed by atoms with Gasteiger partial charge >= 0.3 is 6.03 Å². The second kappa shape index (κ2) is 8.29. The maximum Gasteiger partial charge on any atom is 0.319 e. The molecule has 0 aliphatic carbocycles. The van der Waals surface area contributed by atoms with Gasteiger partial charge in [-0.3, -0.25) is 0 Å². The lowest BCUT2D eigenvalue weighted by Crippen LogP contribution is -2.47. The van der Waals surface area contributed by atoms with E-state index in [0.717, 1.165) is 32.0 Å². The lowest BCUT2D eigenvalue weighted by atomic mass is 10.1. The molecule has 1 saturated heterocycles. The van der Waals surface area contributed by atoms with Gasteiger partial charge in [-0.05, 0) is 57.0 Å². The van der Waals surface area contributed by atoms with Crippen LogP contribution in [0.15, 0.2) is 36.5 Å². The zero-order valence-corrected chi connectivity index (χ0v) is 16.6. The van der Waals surface area contributed by atoms with E-state index in [0.29, 0.717) is 5.69 Å². The molecule has 0 spiro atoms. The zero-order chi connectivity index (χ0) is 19.4. The van der Waals surface area contributed by atoms with Crippen LogP contribution in [-0.2, 0) is 0 Å². The Kier molecular flexibility index (Phi) is 5.84. The molecule has 0 bridgehead atoms. The van der Waals surface area contributed by atoms with E-state index >= 15 is 0 Å². The third kappa shape index (κ3) is 4.70. The number of rotatable bonds is 4. The molecule has 144 valence electrons. The van der Waals surface area contributed by atoms with E-state index < -0.39 is 0 Å². The van der Waals surface area contributed by atoms with Crippen LogP contribution in [0.3, 0.4) is 0 Å². The van der Waals surface area contributed by atoms with E-state index in [9.17, 15) is 4.79 Å². The highest BCUT2D eigenvalue weighted by Crippen LogP contribution is 2.25. The third-order valence-electron chi connectivity index (χ3n) is 4.95. The molecule has 2 aromatic rings. The van der Waals surface area contributed by atoms with Crippen LogP contribution in [0.2, 0.25) is 0 Å². The average molecular weight is 367 g/mol. The van der Waals surface area contributed by atoms with Crippen molar-refractivity contribution in [3.63, 3.8) is 0 Å². The molecular formula is C21H29N5O. The van der Waals surface area contributed by atoms with Gasteiger partial charge in [-0.2, -0.15) is 0 Å². The fourth-order valence-corrected chi connectivity index (χ4v) is 3.33. The van der Waals surface area contributed by atoms with Crippen molar-refractivity contribution in [1.82, 2.24) is 10.3 Å². The molecule has 0 radical (unpaired) electrons. The molecule has 3 rings (SSSR count). The first-order valence-electron chi connectivity index (χ1n) is 9.53. The summed E-state index contributed by atoms with van der Waals surface area (Å²) in [5.74, 6) is 0.949. The number of urea groups is 1. The van der Waals surface area contributed by atoms with Crippen molar-refractivity contribution < 1.29 is 4.79 Å². The van der Waals surface area contributed by atoms with Gasteiger partial charge in [0.15, 0.2) is 0 Å². The van der Waals surface area contributed by atoms with Gasteiger partial charge in [0.2, 0.25) is 0 Å². The molecule has 27 heavy (non-hydrogen) atoms. The first-order chi connectivity index (χ1) is 12.9. The van der Waals surface area contributed by atoms with E-state index in [1.807, 2.05) is 26.0 Å². The van der Waals surface area contributed by atoms with Crippen molar-refractivity contribution in [2.45, 2.75) is 33.7 Å². The number of anilines is 3. The predicted octanol–water partition coefficient (Wildman–Crippen LogP) is 3.55. The van der Waals surface area contributed by atoms with Crippen LogP contribution >= 0.6 is 0 Å². The molecule has 0 unspecified atom stereocenters. The number of pyridine rings is 1. The first-order valence-corrected chi connectivity index (χ1v) is 9.53. The smallest absolute Gasteiger partial charge is 0.319 e. The molecule has 6 heteroatoms. The maximum atomic E-state index is 11.8. The molecule has 2 N–H and O–H groups in total. The fraction of sp³-hybridized carbons (Fsp3) is 0.429. The largest absolute Gasteiger partial charge is 0.368 e. The molecule has 2 amide bonds. The highest BCUT2D eigenvalue weighted by atomic mass is 16.2. The Balaban J connectivity index is 1.58. The Morgan fingerprint density at radius 2 is 1.74 bits per heavy atom. The molecule has 1 aromatic carbocycles. The van der Waals surface area contributed by atoms with Crippen molar-refractivity contribution in [3.05, 3.63) is 47.7 Å². The van der Waals surface area contributed by atoms with Crippen molar-refractivity contribution in [1.29, 1.82) is 0 Å². The van der Waals surface area contributed by atoms with Gasteiger partial charge in [0.1, 0.15) is 5.82 Å². The number of nitrogens with one attached hydrogen (secondary N) is 2. The van der Waals surface area contributed by atoms with Gasteiger partial charge in [0.25, 0.3) is 0 Å². The Morgan fingerprint density at radius 1 is 1.04 bits per heavy atom. The summed E-state index contributed by atoms with van der Waals surface area (Å²) in [6.07, 6.45) is 1.71. The van der Waals surface area contributed by atoms with Crippen LogP contribution in [0.5, 0.6) is 0 Å². The van der Waals surface area contributed by atoms with Crippen LogP contribution in [-0.4, -0.2) is 43.2 Å². The first kappa shape index (κ1) is 19.0. The Bertz CT molecular complexity index is 780. The van der Waals surface area contributed by atoms with Gasteiger partial charge in [-0.1, -0.05) is 12.1 Å². The zero-order valence-electron chi connectivity index (χ0n) is 16.6. The molecule has 2 heterocycles. The van der Waals surface area contributed by atoms with Gasteiger partial charge in [0.05, 0.1) is 11.9 Å². The summed E-state index contributed by atoms with van der Waals surface area (Å²) in [5, 5.41) is 5.61. The van der Waals surface area contributed by atoms with Gasteiger partial charge < -0.3 is 20.4 Å². The molecule has 6 nitrogen and oxygen atoms in total. The lowest BCUT2D eigenvalue weighted by Gasteiger charge is -2.37. The summed E-state index contributed by atoms with van der Waals surface area (Å²) in [6, 6.07) is 10.3. The van der Waals surface area contributed by atoms with E-state index in [-0.39, 0.29) is 12.1 Å². The topological polar surface area (TPSA) is 60.5 Å². The number of carbonyl (C=O) groups is 1. The Labute approximate surface area is 161 Å². The quantitative estimate of drug-likeness (QED) is 0.867. The average Bonchev–Trinajstić information content (AvgIpc) is 2.64. The normalized spacial score (nSPS) is 14.4. The minimum Gasteiger partial charge on any atom is -0.368 e. The van der Waals surface area contributed by atoms with Crippen LogP contribution < -0.4 is 20.4 Å². The summed E-state index contributed by atoms with van der Waals surface area (Å²) in [4.78, 5) is 21.0. The molecular weight excluding hydrogens is 338 g/mol. The van der Waals surface area contributed by atoms with Crippen molar-refractivity contribution in [2.24, 2.45) is 0 Å². The van der Waals surface area contributed by atoms with Crippen molar-refractivity contribution in [2.75, 3.05) is 41.3 Å². The van der Waals surface area contributed by atoms with Gasteiger partial charge in [-0.25, -0.2) is 9.78 Å². The molecule has 0 atom stereocenters. The molecule has 1 aromatic heterocycles. The summed E-state index contributed by atoms with van der Waals surface area (Å²) < 4.78 is 0. The third-order valence-corrected chi connectivity index (χ3v) is 4.95. The predicted molar refractivity (Wildman–Crippen MR) is 112 cm³/mol. The highest BCUT2D eigenvalue weighted by Gasteiger charge is 2.19. The second-order valence-corrected chi connectivity index (χ2v) is 7.35. The number of hydrogen-bond acceptors (Lipinski definition) is 4. The summed E-state index contributed by atoms with van der Waals surface area (Å²) in [5.41, 5.74) is 4.73. The van der Waals surface area contributed by atoms with E-state index in [1.54, 1.807) is 6.20 Å². The molecule has 1 fully saturated rings. The number of benzene rings is 1. The lowest BCUT2D eigenvalue weighted by molar-refractivity contribution is 0.250. The SMILES string of the molecule is Cc1cccc(N2CCN(c3ccc(NC(=O)NC(C)C)cn3)CC2)c1C.